The Bertz CT molecular complexity index is 906. The van der Waals surface area contributed by atoms with Crippen molar-refractivity contribution < 1.29 is 4.79 Å². The second-order valence-corrected chi connectivity index (χ2v) is 7.67. The van der Waals surface area contributed by atoms with Crippen LogP contribution in [0, 0.1) is 0 Å². The largest absolute Gasteiger partial charge is 0.322 e. The molecule has 0 atom stereocenters. The van der Waals surface area contributed by atoms with Crippen LogP contribution in [0.4, 0.5) is 5.69 Å². The van der Waals surface area contributed by atoms with Crippen LogP contribution < -0.4 is 4.90 Å². The first-order chi connectivity index (χ1) is 11.7. The van der Waals surface area contributed by atoms with Crippen LogP contribution in [0.15, 0.2) is 58.6 Å². The Morgan fingerprint density at radius 2 is 2.00 bits per heavy atom. The summed E-state index contributed by atoms with van der Waals surface area (Å²) in [6.45, 7) is 0.767. The Hall–Kier alpha value is -1.92. The molecule has 0 aliphatic carbocycles. The zero-order valence-electron chi connectivity index (χ0n) is 13.3. The molecule has 0 unspecified atom stereocenters. The first kappa shape index (κ1) is 15.6. The number of aryl methyl sites for hydroxylation is 1. The van der Waals surface area contributed by atoms with Gasteiger partial charge in [0.1, 0.15) is 0 Å². The van der Waals surface area contributed by atoms with E-state index in [0.717, 1.165) is 34.2 Å². The Balaban J connectivity index is 1.52. The number of hydrogen-bond acceptors (Lipinski definition) is 4. The van der Waals surface area contributed by atoms with Crippen LogP contribution >= 0.6 is 23.5 Å². The number of carbonyl (C=O) groups is 1. The van der Waals surface area contributed by atoms with Crippen molar-refractivity contribution in [2.45, 2.75) is 10.1 Å². The van der Waals surface area contributed by atoms with E-state index in [1.54, 1.807) is 0 Å². The molecule has 24 heavy (non-hydrogen) atoms. The maximum Gasteiger partial charge on any atom is 0.237 e. The maximum absolute atomic E-state index is 12.7. The number of amides is 1. The van der Waals surface area contributed by atoms with Crippen LogP contribution in [-0.2, 0) is 11.8 Å². The molecule has 1 aromatic heterocycles. The van der Waals surface area contributed by atoms with Gasteiger partial charge in [0.15, 0.2) is 5.16 Å². The second kappa shape index (κ2) is 6.53. The van der Waals surface area contributed by atoms with Gasteiger partial charge in [0, 0.05) is 24.2 Å². The lowest BCUT2D eigenvalue weighted by Gasteiger charge is -2.28. The molecule has 4 rings (SSSR count). The van der Waals surface area contributed by atoms with Crippen molar-refractivity contribution in [1.29, 1.82) is 0 Å². The number of fused-ring (bicyclic) bond motifs is 2. The zero-order chi connectivity index (χ0) is 16.5. The third-order valence-electron chi connectivity index (χ3n) is 4.10. The molecule has 0 fully saturated rings. The molecule has 6 heteroatoms. The topological polar surface area (TPSA) is 38.1 Å². The van der Waals surface area contributed by atoms with Crippen LogP contribution in [-0.4, -0.2) is 33.5 Å². The molecule has 3 aromatic rings. The summed E-state index contributed by atoms with van der Waals surface area (Å²) < 4.78 is 2.05. The van der Waals surface area contributed by atoms with Gasteiger partial charge < -0.3 is 9.47 Å². The predicted molar refractivity (Wildman–Crippen MR) is 101 cm³/mol. The molecule has 4 nitrogen and oxygen atoms in total. The molecule has 0 radical (unpaired) electrons. The van der Waals surface area contributed by atoms with Gasteiger partial charge >= 0.3 is 0 Å². The molecule has 0 spiro atoms. The maximum atomic E-state index is 12.7. The molecule has 2 heterocycles. The fraction of sp³-hybridized carbons (Fsp3) is 0.222. The molecule has 0 saturated carbocycles. The van der Waals surface area contributed by atoms with E-state index >= 15 is 0 Å². The zero-order valence-corrected chi connectivity index (χ0v) is 14.9. The van der Waals surface area contributed by atoms with Crippen molar-refractivity contribution in [3.05, 3.63) is 48.5 Å². The number of benzene rings is 2. The lowest BCUT2D eigenvalue weighted by Crippen LogP contribution is -2.36. The second-order valence-electron chi connectivity index (χ2n) is 5.59. The van der Waals surface area contributed by atoms with E-state index in [-0.39, 0.29) is 5.91 Å². The molecular weight excluding hydrogens is 338 g/mol. The monoisotopic (exact) mass is 355 g/mol. The summed E-state index contributed by atoms with van der Waals surface area (Å²) in [7, 11) is 2.00. The van der Waals surface area contributed by atoms with Gasteiger partial charge in [-0.2, -0.15) is 0 Å². The minimum Gasteiger partial charge on any atom is -0.322 e. The van der Waals surface area contributed by atoms with Crippen LogP contribution in [0.2, 0.25) is 0 Å². The van der Waals surface area contributed by atoms with Gasteiger partial charge in [-0.15, -0.1) is 11.8 Å². The highest BCUT2D eigenvalue weighted by molar-refractivity contribution is 8.00. The van der Waals surface area contributed by atoms with Crippen LogP contribution in [0.5, 0.6) is 0 Å². The normalized spacial score (nSPS) is 14.0. The molecule has 1 amide bonds. The third kappa shape index (κ3) is 2.80. The molecule has 2 aromatic carbocycles. The van der Waals surface area contributed by atoms with Crippen molar-refractivity contribution in [1.82, 2.24) is 9.55 Å². The first-order valence-electron chi connectivity index (χ1n) is 7.80. The number of anilines is 1. The van der Waals surface area contributed by atoms with Gasteiger partial charge in [0.05, 0.1) is 22.5 Å². The van der Waals surface area contributed by atoms with Crippen molar-refractivity contribution in [2.24, 2.45) is 7.05 Å². The van der Waals surface area contributed by atoms with Gasteiger partial charge in [-0.3, -0.25) is 4.79 Å². The number of hydrogen-bond donors (Lipinski definition) is 0. The fourth-order valence-corrected chi connectivity index (χ4v) is 4.74. The van der Waals surface area contributed by atoms with Crippen molar-refractivity contribution in [2.75, 3.05) is 23.0 Å². The summed E-state index contributed by atoms with van der Waals surface area (Å²) in [4.78, 5) is 20.4. The SMILES string of the molecule is Cn1c(SCC(=O)N2CCSc3ccccc32)nc2ccccc21. The van der Waals surface area contributed by atoms with E-state index in [2.05, 4.69) is 11.1 Å². The first-order valence-corrected chi connectivity index (χ1v) is 9.77. The summed E-state index contributed by atoms with van der Waals surface area (Å²) in [6, 6.07) is 16.2. The minimum atomic E-state index is 0.139. The van der Waals surface area contributed by atoms with Gasteiger partial charge in [0.2, 0.25) is 5.91 Å². The van der Waals surface area contributed by atoms with E-state index in [0.29, 0.717) is 5.75 Å². The van der Waals surface area contributed by atoms with Crippen molar-refractivity contribution >= 4 is 46.2 Å². The number of imidazole rings is 1. The van der Waals surface area contributed by atoms with E-state index < -0.39 is 0 Å². The highest BCUT2D eigenvalue weighted by atomic mass is 32.2. The van der Waals surface area contributed by atoms with Crippen LogP contribution in [0.25, 0.3) is 11.0 Å². The highest BCUT2D eigenvalue weighted by Crippen LogP contribution is 2.35. The molecule has 0 saturated heterocycles. The van der Waals surface area contributed by atoms with Gasteiger partial charge in [-0.05, 0) is 24.3 Å². The number of nitrogens with zero attached hydrogens (tertiary/aromatic N) is 3. The van der Waals surface area contributed by atoms with Crippen molar-refractivity contribution in [3.63, 3.8) is 0 Å². The molecule has 1 aliphatic heterocycles. The summed E-state index contributed by atoms with van der Waals surface area (Å²) in [5, 5.41) is 0.879. The Labute approximate surface area is 149 Å². The Morgan fingerprint density at radius 1 is 1.21 bits per heavy atom. The summed E-state index contributed by atoms with van der Waals surface area (Å²) in [6.07, 6.45) is 0. The van der Waals surface area contributed by atoms with Crippen LogP contribution in [0.3, 0.4) is 0 Å². The average Bonchev–Trinajstić information content (AvgIpc) is 2.95. The van der Waals surface area contributed by atoms with E-state index in [1.165, 1.54) is 16.7 Å². The number of para-hydroxylation sites is 3. The smallest absolute Gasteiger partial charge is 0.237 e. The average molecular weight is 355 g/mol. The molecular formula is C18H17N3OS2. The number of rotatable bonds is 3. The highest BCUT2D eigenvalue weighted by Gasteiger charge is 2.23. The molecule has 0 bridgehead atoms. The standard InChI is InChI=1S/C18H17N3OS2/c1-20-14-7-3-2-6-13(14)19-18(20)24-12-17(22)21-10-11-23-16-9-5-4-8-15(16)21/h2-9H,10-12H2,1H3. The quantitative estimate of drug-likeness (QED) is 0.670. The Morgan fingerprint density at radius 3 is 2.88 bits per heavy atom. The van der Waals surface area contributed by atoms with E-state index in [4.69, 9.17) is 0 Å². The summed E-state index contributed by atoms with van der Waals surface area (Å²) in [5.41, 5.74) is 3.09. The fourth-order valence-electron chi connectivity index (χ4n) is 2.89. The van der Waals surface area contributed by atoms with E-state index in [9.17, 15) is 4.79 Å². The number of thioether (sulfide) groups is 2. The minimum absolute atomic E-state index is 0.139. The van der Waals surface area contributed by atoms with E-state index in [1.807, 2.05) is 70.7 Å². The van der Waals surface area contributed by atoms with Gasteiger partial charge in [-0.25, -0.2) is 4.98 Å². The lowest BCUT2D eigenvalue weighted by molar-refractivity contribution is -0.116. The van der Waals surface area contributed by atoms with Crippen molar-refractivity contribution in [3.8, 4) is 0 Å². The third-order valence-corrected chi connectivity index (χ3v) is 6.16. The Kier molecular flexibility index (Phi) is 4.24. The predicted octanol–water partition coefficient (Wildman–Crippen LogP) is 3.80. The van der Waals surface area contributed by atoms with Crippen LogP contribution in [0.1, 0.15) is 0 Å². The number of aromatic nitrogens is 2. The van der Waals surface area contributed by atoms with Gasteiger partial charge in [0.25, 0.3) is 0 Å². The molecule has 0 N–H and O–H groups in total. The number of carbonyl (C=O) groups excluding carboxylic acids is 1. The summed E-state index contributed by atoms with van der Waals surface area (Å²) in [5.74, 6) is 1.48. The van der Waals surface area contributed by atoms with Gasteiger partial charge in [-0.1, -0.05) is 36.0 Å². The lowest BCUT2D eigenvalue weighted by atomic mass is 10.3. The molecule has 122 valence electrons. The molecule has 1 aliphatic rings. The summed E-state index contributed by atoms with van der Waals surface area (Å²) >= 11 is 3.32.